The number of nitrogens with zero attached hydrogens (tertiary/aromatic N) is 3. The van der Waals surface area contributed by atoms with Gasteiger partial charge in [-0.15, -0.1) is 0 Å². The highest BCUT2D eigenvalue weighted by molar-refractivity contribution is 6.12. The molecule has 3 heterocycles. The van der Waals surface area contributed by atoms with E-state index in [1.807, 2.05) is 24.3 Å². The fourth-order valence-corrected chi connectivity index (χ4v) is 2.97. The van der Waals surface area contributed by atoms with Crippen LogP contribution < -0.4 is 10.1 Å². The summed E-state index contributed by atoms with van der Waals surface area (Å²) in [6, 6.07) is 11.0. The lowest BCUT2D eigenvalue weighted by atomic mass is 10.1. The first-order valence-corrected chi connectivity index (χ1v) is 8.30. The van der Waals surface area contributed by atoms with E-state index < -0.39 is 0 Å². The molecular formula is C19H17N5O3. The summed E-state index contributed by atoms with van der Waals surface area (Å²) in [5.41, 5.74) is 3.65. The molecule has 0 bridgehead atoms. The van der Waals surface area contributed by atoms with E-state index in [-0.39, 0.29) is 5.91 Å². The zero-order valence-electron chi connectivity index (χ0n) is 15.0. The molecule has 4 aromatic rings. The van der Waals surface area contributed by atoms with Crippen molar-refractivity contribution in [1.82, 2.24) is 20.3 Å². The molecule has 1 aromatic carbocycles. The van der Waals surface area contributed by atoms with Gasteiger partial charge in [0.1, 0.15) is 5.75 Å². The Bertz CT molecular complexity index is 1150. The normalized spacial score (nSPS) is 10.9. The van der Waals surface area contributed by atoms with Gasteiger partial charge in [-0.1, -0.05) is 17.3 Å². The molecule has 0 aliphatic heterocycles. The van der Waals surface area contributed by atoms with Crippen molar-refractivity contribution >= 4 is 22.8 Å². The molecule has 0 saturated heterocycles. The Morgan fingerprint density at radius 1 is 1.22 bits per heavy atom. The number of pyridine rings is 1. The number of fused-ring (bicyclic) bond motifs is 1. The van der Waals surface area contributed by atoms with Crippen molar-refractivity contribution in [3.05, 3.63) is 53.3 Å². The van der Waals surface area contributed by atoms with E-state index >= 15 is 0 Å². The van der Waals surface area contributed by atoms with E-state index in [4.69, 9.17) is 9.26 Å². The first-order valence-electron chi connectivity index (χ1n) is 8.30. The van der Waals surface area contributed by atoms with Crippen molar-refractivity contribution in [3.8, 4) is 17.0 Å². The average Bonchev–Trinajstić information content (AvgIpc) is 3.28. The van der Waals surface area contributed by atoms with Gasteiger partial charge in [0.05, 0.1) is 29.4 Å². The van der Waals surface area contributed by atoms with Gasteiger partial charge in [-0.2, -0.15) is 5.10 Å². The van der Waals surface area contributed by atoms with Crippen LogP contribution in [0.3, 0.4) is 0 Å². The van der Waals surface area contributed by atoms with Crippen LogP contribution in [0.5, 0.6) is 5.75 Å². The first-order chi connectivity index (χ1) is 13.1. The Kier molecular flexibility index (Phi) is 4.08. The summed E-state index contributed by atoms with van der Waals surface area (Å²) in [6.45, 7) is 3.57. The van der Waals surface area contributed by atoms with Gasteiger partial charge in [0.15, 0.2) is 5.82 Å². The minimum Gasteiger partial charge on any atom is -0.496 e. The zero-order chi connectivity index (χ0) is 19.0. The highest BCUT2D eigenvalue weighted by atomic mass is 16.5. The lowest BCUT2D eigenvalue weighted by Crippen LogP contribution is -2.13. The summed E-state index contributed by atoms with van der Waals surface area (Å²) in [5.74, 6) is 0.804. The number of carbonyl (C=O) groups is 1. The molecule has 0 fully saturated rings. The van der Waals surface area contributed by atoms with E-state index in [0.29, 0.717) is 39.6 Å². The number of carbonyl (C=O) groups excluding carboxylic acids is 1. The predicted octanol–water partition coefficient (Wildman–Crippen LogP) is 3.49. The fourth-order valence-electron chi connectivity index (χ4n) is 2.97. The number of ether oxygens (including phenoxy) is 1. The summed E-state index contributed by atoms with van der Waals surface area (Å²) >= 11 is 0. The van der Waals surface area contributed by atoms with Crippen molar-refractivity contribution in [2.24, 2.45) is 0 Å². The molecule has 3 aromatic heterocycles. The van der Waals surface area contributed by atoms with E-state index in [2.05, 4.69) is 25.7 Å². The van der Waals surface area contributed by atoms with Crippen LogP contribution in [-0.4, -0.2) is 33.4 Å². The van der Waals surface area contributed by atoms with Crippen molar-refractivity contribution in [3.63, 3.8) is 0 Å². The van der Waals surface area contributed by atoms with Gasteiger partial charge in [0.25, 0.3) is 11.6 Å². The van der Waals surface area contributed by atoms with E-state index in [1.165, 1.54) is 0 Å². The SMILES string of the molecule is COc1ccccc1-c1cc(NC(=O)c2cc(C)nc3onc(C)c23)n[nH]1. The number of anilines is 1. The molecule has 8 nitrogen and oxygen atoms in total. The molecule has 8 heteroatoms. The third-order valence-corrected chi connectivity index (χ3v) is 4.21. The number of nitrogens with one attached hydrogen (secondary N) is 2. The van der Waals surface area contributed by atoms with E-state index in [9.17, 15) is 4.79 Å². The largest absolute Gasteiger partial charge is 0.496 e. The highest BCUT2D eigenvalue weighted by Gasteiger charge is 2.19. The standard InChI is InChI=1S/C19H17N5O3/c1-10-8-13(17-11(2)24-27-19(17)20-10)18(25)21-16-9-14(22-23-16)12-6-4-5-7-15(12)26-3/h4-9H,1-3H3,(H2,21,22,23,25). The van der Waals surface area contributed by atoms with Gasteiger partial charge >= 0.3 is 0 Å². The van der Waals surface area contributed by atoms with Gasteiger partial charge in [0.2, 0.25) is 0 Å². The van der Waals surface area contributed by atoms with Crippen LogP contribution in [0.1, 0.15) is 21.7 Å². The Morgan fingerprint density at radius 2 is 2.04 bits per heavy atom. The maximum absolute atomic E-state index is 12.8. The zero-order valence-corrected chi connectivity index (χ0v) is 15.0. The Hall–Kier alpha value is -3.68. The van der Waals surface area contributed by atoms with Crippen molar-refractivity contribution < 1.29 is 14.1 Å². The maximum atomic E-state index is 12.8. The summed E-state index contributed by atoms with van der Waals surface area (Å²) in [7, 11) is 1.61. The molecule has 27 heavy (non-hydrogen) atoms. The number of methoxy groups -OCH3 is 1. The van der Waals surface area contributed by atoms with Crippen molar-refractivity contribution in [2.45, 2.75) is 13.8 Å². The molecular weight excluding hydrogens is 346 g/mol. The van der Waals surface area contributed by atoms with Crippen molar-refractivity contribution in [1.29, 1.82) is 0 Å². The molecule has 0 aliphatic rings. The van der Waals surface area contributed by atoms with Crippen LogP contribution in [-0.2, 0) is 0 Å². The van der Waals surface area contributed by atoms with Crippen LogP contribution in [0, 0.1) is 13.8 Å². The maximum Gasteiger partial charge on any atom is 0.258 e. The molecule has 0 unspecified atom stereocenters. The number of aryl methyl sites for hydroxylation is 2. The monoisotopic (exact) mass is 363 g/mol. The summed E-state index contributed by atoms with van der Waals surface area (Å²) in [5, 5.41) is 14.4. The molecule has 0 saturated carbocycles. The van der Waals surface area contributed by atoms with Crippen LogP contribution in [0.25, 0.3) is 22.4 Å². The Balaban J connectivity index is 1.65. The molecule has 0 atom stereocenters. The Labute approximate surface area is 154 Å². The van der Waals surface area contributed by atoms with Crippen LogP contribution in [0.15, 0.2) is 40.9 Å². The van der Waals surface area contributed by atoms with Crippen LogP contribution in [0.2, 0.25) is 0 Å². The van der Waals surface area contributed by atoms with E-state index in [0.717, 1.165) is 11.3 Å². The van der Waals surface area contributed by atoms with Gasteiger partial charge < -0.3 is 14.6 Å². The third-order valence-electron chi connectivity index (χ3n) is 4.21. The van der Waals surface area contributed by atoms with Crippen LogP contribution >= 0.6 is 0 Å². The molecule has 0 aliphatic carbocycles. The predicted molar refractivity (Wildman–Crippen MR) is 99.8 cm³/mol. The van der Waals surface area contributed by atoms with Gasteiger partial charge in [0, 0.05) is 17.3 Å². The van der Waals surface area contributed by atoms with Gasteiger partial charge in [-0.05, 0) is 32.0 Å². The lowest BCUT2D eigenvalue weighted by molar-refractivity contribution is 0.102. The second kappa shape index (κ2) is 6.56. The number of benzene rings is 1. The molecule has 2 N–H and O–H groups in total. The number of aromatic nitrogens is 4. The third kappa shape index (κ3) is 3.01. The smallest absolute Gasteiger partial charge is 0.258 e. The van der Waals surface area contributed by atoms with Gasteiger partial charge in [-0.25, -0.2) is 4.98 Å². The second-order valence-electron chi connectivity index (χ2n) is 6.08. The first kappa shape index (κ1) is 16.8. The molecule has 0 radical (unpaired) electrons. The number of H-pyrrole nitrogens is 1. The summed E-state index contributed by atoms with van der Waals surface area (Å²) in [6.07, 6.45) is 0. The average molecular weight is 363 g/mol. The quantitative estimate of drug-likeness (QED) is 0.575. The topological polar surface area (TPSA) is 106 Å². The molecule has 136 valence electrons. The second-order valence-corrected chi connectivity index (χ2v) is 6.08. The number of rotatable bonds is 4. The molecule has 4 rings (SSSR count). The summed E-state index contributed by atoms with van der Waals surface area (Å²) < 4.78 is 10.5. The number of para-hydroxylation sites is 1. The van der Waals surface area contributed by atoms with Gasteiger partial charge in [-0.3, -0.25) is 9.89 Å². The van der Waals surface area contributed by atoms with Crippen LogP contribution in [0.4, 0.5) is 5.82 Å². The number of hydrogen-bond donors (Lipinski definition) is 2. The molecule has 0 spiro atoms. The minimum absolute atomic E-state index is 0.310. The number of amides is 1. The number of hydrogen-bond acceptors (Lipinski definition) is 6. The van der Waals surface area contributed by atoms with Crippen molar-refractivity contribution in [2.75, 3.05) is 12.4 Å². The highest BCUT2D eigenvalue weighted by Crippen LogP contribution is 2.29. The summed E-state index contributed by atoms with van der Waals surface area (Å²) in [4.78, 5) is 17.1. The molecule has 1 amide bonds. The Morgan fingerprint density at radius 3 is 2.85 bits per heavy atom. The lowest BCUT2D eigenvalue weighted by Gasteiger charge is -2.05. The fraction of sp³-hybridized carbons (Fsp3) is 0.158. The van der Waals surface area contributed by atoms with E-state index in [1.54, 1.807) is 33.1 Å². The number of aromatic amines is 1. The minimum atomic E-state index is -0.310.